The highest BCUT2D eigenvalue weighted by Crippen LogP contribution is 2.46. The summed E-state index contributed by atoms with van der Waals surface area (Å²) in [5.74, 6) is -0.135. The molecule has 0 aromatic heterocycles. The van der Waals surface area contributed by atoms with Crippen LogP contribution in [0.5, 0.6) is 0 Å². The molecule has 1 spiro atoms. The Hall–Kier alpha value is -1.18. The molecule has 1 aromatic carbocycles. The Balaban J connectivity index is 2.09. The lowest BCUT2D eigenvalue weighted by molar-refractivity contribution is 0.390. The van der Waals surface area contributed by atoms with Crippen molar-refractivity contribution in [2.24, 2.45) is 4.99 Å². The Morgan fingerprint density at radius 2 is 1.93 bits per heavy atom. The first-order valence-corrected chi connectivity index (χ1v) is 5.65. The molecule has 1 saturated carbocycles. The van der Waals surface area contributed by atoms with Gasteiger partial charge in [-0.15, -0.1) is 0 Å². The Bertz CT molecular complexity index is 417. The summed E-state index contributed by atoms with van der Waals surface area (Å²) in [6, 6.07) is 4.97. The summed E-state index contributed by atoms with van der Waals surface area (Å²) >= 11 is 0. The third-order valence-corrected chi connectivity index (χ3v) is 3.69. The van der Waals surface area contributed by atoms with Gasteiger partial charge in [0.25, 0.3) is 0 Å². The summed E-state index contributed by atoms with van der Waals surface area (Å²) in [6.07, 6.45) is 8.10. The second kappa shape index (κ2) is 3.16. The zero-order valence-corrected chi connectivity index (χ0v) is 8.67. The van der Waals surface area contributed by atoms with Gasteiger partial charge in [0.05, 0.1) is 5.69 Å². The lowest BCUT2D eigenvalue weighted by atomic mass is 9.71. The minimum atomic E-state index is -0.135. The van der Waals surface area contributed by atoms with Gasteiger partial charge in [-0.2, -0.15) is 0 Å². The SMILES string of the molecule is Fc1ccc2c(c1)C1(C=N2)CCCCC1. The minimum Gasteiger partial charge on any atom is -0.260 e. The number of benzene rings is 1. The van der Waals surface area contributed by atoms with Gasteiger partial charge in [-0.05, 0) is 36.6 Å². The van der Waals surface area contributed by atoms with Crippen molar-refractivity contribution in [1.29, 1.82) is 0 Å². The molecule has 1 aliphatic heterocycles. The summed E-state index contributed by atoms with van der Waals surface area (Å²) in [5, 5.41) is 0. The van der Waals surface area contributed by atoms with Crippen LogP contribution in [0.2, 0.25) is 0 Å². The quantitative estimate of drug-likeness (QED) is 0.609. The third kappa shape index (κ3) is 1.31. The van der Waals surface area contributed by atoms with E-state index in [-0.39, 0.29) is 11.2 Å². The first-order valence-electron chi connectivity index (χ1n) is 5.65. The molecule has 1 fully saturated rings. The second-order valence-corrected chi connectivity index (χ2v) is 4.64. The van der Waals surface area contributed by atoms with Gasteiger partial charge in [-0.3, -0.25) is 4.99 Å². The molecule has 0 amide bonds. The molecule has 0 saturated heterocycles. The molecule has 0 unspecified atom stereocenters. The molecule has 3 rings (SSSR count). The van der Waals surface area contributed by atoms with Crippen LogP contribution < -0.4 is 0 Å². The molecule has 78 valence electrons. The predicted octanol–water partition coefficient (Wildman–Crippen LogP) is 3.74. The van der Waals surface area contributed by atoms with Gasteiger partial charge in [0.15, 0.2) is 0 Å². The van der Waals surface area contributed by atoms with Crippen molar-refractivity contribution >= 4 is 11.9 Å². The van der Waals surface area contributed by atoms with Crippen molar-refractivity contribution < 1.29 is 4.39 Å². The summed E-state index contributed by atoms with van der Waals surface area (Å²) in [7, 11) is 0. The molecule has 1 nitrogen and oxygen atoms in total. The highest BCUT2D eigenvalue weighted by atomic mass is 19.1. The Morgan fingerprint density at radius 1 is 1.13 bits per heavy atom. The Kier molecular flexibility index (Phi) is 1.91. The van der Waals surface area contributed by atoms with E-state index in [1.54, 1.807) is 12.1 Å². The maximum absolute atomic E-state index is 13.2. The van der Waals surface area contributed by atoms with E-state index in [4.69, 9.17) is 0 Å². The van der Waals surface area contributed by atoms with E-state index >= 15 is 0 Å². The average Bonchev–Trinajstić information content (AvgIpc) is 2.59. The first-order chi connectivity index (χ1) is 7.30. The maximum atomic E-state index is 13.2. The van der Waals surface area contributed by atoms with Crippen LogP contribution in [0.4, 0.5) is 10.1 Å². The highest BCUT2D eigenvalue weighted by Gasteiger charge is 2.37. The number of nitrogens with zero attached hydrogens (tertiary/aromatic N) is 1. The van der Waals surface area contributed by atoms with Gasteiger partial charge in [-0.25, -0.2) is 4.39 Å². The molecular formula is C13H14FN. The molecule has 0 bridgehead atoms. The zero-order valence-electron chi connectivity index (χ0n) is 8.67. The highest BCUT2D eigenvalue weighted by molar-refractivity contribution is 5.85. The minimum absolute atomic E-state index is 0.0652. The van der Waals surface area contributed by atoms with Crippen molar-refractivity contribution in [3.05, 3.63) is 29.6 Å². The Labute approximate surface area is 89.0 Å². The fourth-order valence-electron chi connectivity index (χ4n) is 2.86. The summed E-state index contributed by atoms with van der Waals surface area (Å²) in [6.45, 7) is 0. The number of hydrogen-bond acceptors (Lipinski definition) is 1. The summed E-state index contributed by atoms with van der Waals surface area (Å²) in [5.41, 5.74) is 2.15. The van der Waals surface area contributed by atoms with E-state index in [9.17, 15) is 4.39 Å². The Morgan fingerprint density at radius 3 is 2.73 bits per heavy atom. The van der Waals surface area contributed by atoms with E-state index in [1.165, 1.54) is 25.3 Å². The van der Waals surface area contributed by atoms with Crippen LogP contribution in [0.1, 0.15) is 37.7 Å². The van der Waals surface area contributed by atoms with Gasteiger partial charge in [0.1, 0.15) is 5.82 Å². The van der Waals surface area contributed by atoms with Gasteiger partial charge in [0.2, 0.25) is 0 Å². The number of aliphatic imine (C=N–C) groups is 1. The van der Waals surface area contributed by atoms with Crippen LogP contribution in [-0.2, 0) is 5.41 Å². The van der Waals surface area contributed by atoms with E-state index in [0.717, 1.165) is 24.1 Å². The predicted molar refractivity (Wildman–Crippen MR) is 59.3 cm³/mol. The standard InChI is InChI=1S/C13H14FN/c14-10-4-5-12-11(8-10)13(9-15-12)6-2-1-3-7-13/h4-5,8-9H,1-3,6-7H2. The van der Waals surface area contributed by atoms with Gasteiger partial charge >= 0.3 is 0 Å². The number of fused-ring (bicyclic) bond motifs is 2. The van der Waals surface area contributed by atoms with E-state index in [0.29, 0.717) is 0 Å². The largest absolute Gasteiger partial charge is 0.260 e. The number of rotatable bonds is 0. The van der Waals surface area contributed by atoms with Crippen molar-refractivity contribution in [3.63, 3.8) is 0 Å². The summed E-state index contributed by atoms with van der Waals surface area (Å²) in [4.78, 5) is 4.43. The number of halogens is 1. The van der Waals surface area contributed by atoms with Crippen molar-refractivity contribution in [2.75, 3.05) is 0 Å². The molecular weight excluding hydrogens is 189 g/mol. The topological polar surface area (TPSA) is 12.4 Å². The lowest BCUT2D eigenvalue weighted by Crippen LogP contribution is -2.28. The van der Waals surface area contributed by atoms with E-state index in [1.807, 2.05) is 0 Å². The average molecular weight is 203 g/mol. The molecule has 1 heterocycles. The number of hydrogen-bond donors (Lipinski definition) is 0. The third-order valence-electron chi connectivity index (χ3n) is 3.69. The lowest BCUT2D eigenvalue weighted by Gasteiger charge is -2.31. The fourth-order valence-corrected chi connectivity index (χ4v) is 2.86. The summed E-state index contributed by atoms with van der Waals surface area (Å²) < 4.78 is 13.2. The molecule has 2 heteroatoms. The van der Waals surface area contributed by atoms with Crippen LogP contribution in [0.25, 0.3) is 0 Å². The molecule has 0 radical (unpaired) electrons. The molecule has 0 N–H and O–H groups in total. The fraction of sp³-hybridized carbons (Fsp3) is 0.462. The molecule has 2 aliphatic rings. The normalized spacial score (nSPS) is 21.9. The first kappa shape index (κ1) is 9.08. The molecule has 0 atom stereocenters. The van der Waals surface area contributed by atoms with Crippen molar-refractivity contribution in [1.82, 2.24) is 0 Å². The molecule has 1 aliphatic carbocycles. The zero-order chi connectivity index (χ0) is 10.3. The van der Waals surface area contributed by atoms with Crippen LogP contribution in [0.15, 0.2) is 23.2 Å². The van der Waals surface area contributed by atoms with E-state index in [2.05, 4.69) is 11.2 Å². The van der Waals surface area contributed by atoms with Crippen LogP contribution in [0.3, 0.4) is 0 Å². The van der Waals surface area contributed by atoms with Crippen LogP contribution in [0, 0.1) is 5.82 Å². The molecule has 1 aromatic rings. The molecule has 15 heavy (non-hydrogen) atoms. The monoisotopic (exact) mass is 203 g/mol. The van der Waals surface area contributed by atoms with E-state index < -0.39 is 0 Å². The van der Waals surface area contributed by atoms with Crippen molar-refractivity contribution in [3.8, 4) is 0 Å². The van der Waals surface area contributed by atoms with Crippen LogP contribution in [-0.4, -0.2) is 6.21 Å². The van der Waals surface area contributed by atoms with Crippen LogP contribution >= 0.6 is 0 Å². The smallest absolute Gasteiger partial charge is 0.123 e. The van der Waals surface area contributed by atoms with Crippen molar-refractivity contribution in [2.45, 2.75) is 37.5 Å². The van der Waals surface area contributed by atoms with Gasteiger partial charge in [0, 0.05) is 11.6 Å². The second-order valence-electron chi connectivity index (χ2n) is 4.64. The van der Waals surface area contributed by atoms with Gasteiger partial charge < -0.3 is 0 Å². The van der Waals surface area contributed by atoms with Gasteiger partial charge in [-0.1, -0.05) is 19.3 Å². The maximum Gasteiger partial charge on any atom is 0.123 e.